The predicted octanol–water partition coefficient (Wildman–Crippen LogP) is 5.38. The maximum absolute atomic E-state index is 12.7. The summed E-state index contributed by atoms with van der Waals surface area (Å²) in [4.78, 5) is 24.9. The van der Waals surface area contributed by atoms with E-state index in [-0.39, 0.29) is 11.8 Å². The number of hydrogen-bond acceptors (Lipinski definition) is 5. The molecular formula is C25H28O5. The van der Waals surface area contributed by atoms with E-state index < -0.39 is 0 Å². The molecule has 0 saturated heterocycles. The van der Waals surface area contributed by atoms with Gasteiger partial charge in [-0.1, -0.05) is 43.9 Å². The van der Waals surface area contributed by atoms with Gasteiger partial charge in [0.25, 0.3) is 0 Å². The Morgan fingerprint density at radius 2 is 1.70 bits per heavy atom. The number of carbonyl (C=O) groups excluding carboxylic acids is 2. The number of esters is 1. The third kappa shape index (κ3) is 3.93. The fourth-order valence-corrected chi connectivity index (χ4v) is 4.74. The third-order valence-corrected chi connectivity index (χ3v) is 6.32. The molecule has 158 valence electrons. The first-order chi connectivity index (χ1) is 14.6. The van der Waals surface area contributed by atoms with Gasteiger partial charge in [0.15, 0.2) is 17.3 Å². The fourth-order valence-electron chi connectivity index (χ4n) is 4.74. The number of ether oxygens (including phenoxy) is 3. The summed E-state index contributed by atoms with van der Waals surface area (Å²) in [6.07, 6.45) is 7.35. The van der Waals surface area contributed by atoms with Crippen molar-refractivity contribution in [2.24, 2.45) is 5.92 Å². The number of hydrogen-bond donors (Lipinski definition) is 0. The minimum Gasteiger partial charge on any atom is -0.493 e. The quantitative estimate of drug-likeness (QED) is 0.455. The Hall–Kier alpha value is -2.82. The van der Waals surface area contributed by atoms with E-state index in [1.807, 2.05) is 24.3 Å². The van der Waals surface area contributed by atoms with Crippen molar-refractivity contribution in [3.8, 4) is 28.4 Å². The summed E-state index contributed by atoms with van der Waals surface area (Å²) in [5.74, 6) is 1.77. The molecule has 0 spiro atoms. The van der Waals surface area contributed by atoms with Crippen molar-refractivity contribution >= 4 is 11.8 Å². The third-order valence-electron chi connectivity index (χ3n) is 6.32. The highest BCUT2D eigenvalue weighted by Gasteiger charge is 2.27. The highest BCUT2D eigenvalue weighted by atomic mass is 16.6. The number of Topliss-reactive ketones (excluding diaryl/α,β-unsaturated/α-hetero) is 1. The molecule has 2 aliphatic carbocycles. The Balaban J connectivity index is 1.69. The molecule has 2 aromatic carbocycles. The zero-order valence-corrected chi connectivity index (χ0v) is 17.7. The zero-order chi connectivity index (χ0) is 21.1. The zero-order valence-electron chi connectivity index (χ0n) is 17.7. The smallest absolute Gasteiger partial charge is 0.311 e. The summed E-state index contributed by atoms with van der Waals surface area (Å²) in [6, 6.07) is 9.39. The normalized spacial score (nSPS) is 15.9. The molecule has 5 nitrogen and oxygen atoms in total. The van der Waals surface area contributed by atoms with Gasteiger partial charge in [0.05, 0.1) is 14.2 Å². The molecule has 0 amide bonds. The minimum atomic E-state index is -0.265. The molecular weight excluding hydrogens is 380 g/mol. The predicted molar refractivity (Wildman–Crippen MR) is 114 cm³/mol. The van der Waals surface area contributed by atoms with Crippen LogP contribution in [-0.2, 0) is 11.2 Å². The molecule has 0 N–H and O–H groups in total. The lowest BCUT2D eigenvalue weighted by Crippen LogP contribution is -2.12. The van der Waals surface area contributed by atoms with Crippen LogP contribution in [0.15, 0.2) is 30.3 Å². The number of rotatable bonds is 7. The maximum atomic E-state index is 12.7. The molecule has 30 heavy (non-hydrogen) atoms. The van der Waals surface area contributed by atoms with Crippen LogP contribution in [-0.4, -0.2) is 26.0 Å². The van der Waals surface area contributed by atoms with Crippen molar-refractivity contribution in [1.29, 1.82) is 0 Å². The van der Waals surface area contributed by atoms with E-state index in [9.17, 15) is 9.59 Å². The van der Waals surface area contributed by atoms with E-state index in [1.165, 1.54) is 32.8 Å². The Labute approximate surface area is 177 Å². The summed E-state index contributed by atoms with van der Waals surface area (Å²) in [7, 11) is 3.10. The Morgan fingerprint density at radius 3 is 2.43 bits per heavy atom. The number of carbonyl (C=O) groups is 2. The second kappa shape index (κ2) is 8.90. The second-order valence-electron chi connectivity index (χ2n) is 8.10. The van der Waals surface area contributed by atoms with E-state index in [1.54, 1.807) is 13.2 Å². The SMILES string of the molecule is COc1ccc(-c2cccc3c2CCC3=O)c(OC(=O)CCC2CCCC2)c1OC. The first kappa shape index (κ1) is 20.5. The van der Waals surface area contributed by atoms with Crippen LogP contribution in [0, 0.1) is 5.92 Å². The van der Waals surface area contributed by atoms with Crippen molar-refractivity contribution in [2.75, 3.05) is 14.2 Å². The Morgan fingerprint density at radius 1 is 0.933 bits per heavy atom. The van der Waals surface area contributed by atoms with Crippen LogP contribution in [0.3, 0.4) is 0 Å². The molecule has 0 aromatic heterocycles. The van der Waals surface area contributed by atoms with Crippen molar-refractivity contribution in [2.45, 2.75) is 51.4 Å². The van der Waals surface area contributed by atoms with Gasteiger partial charge in [-0.2, -0.15) is 0 Å². The summed E-state index contributed by atoms with van der Waals surface area (Å²) < 4.78 is 16.9. The summed E-state index contributed by atoms with van der Waals surface area (Å²) >= 11 is 0. The number of fused-ring (bicyclic) bond motifs is 1. The second-order valence-corrected chi connectivity index (χ2v) is 8.10. The van der Waals surface area contributed by atoms with Gasteiger partial charge in [0.2, 0.25) is 5.75 Å². The van der Waals surface area contributed by atoms with Crippen molar-refractivity contribution in [3.05, 3.63) is 41.5 Å². The van der Waals surface area contributed by atoms with Crippen molar-refractivity contribution in [1.82, 2.24) is 0 Å². The number of benzene rings is 2. The van der Waals surface area contributed by atoms with Crippen molar-refractivity contribution < 1.29 is 23.8 Å². The molecule has 2 aliphatic rings. The van der Waals surface area contributed by atoms with Crippen LogP contribution in [0.4, 0.5) is 0 Å². The van der Waals surface area contributed by atoms with E-state index in [2.05, 4.69) is 0 Å². The molecule has 0 heterocycles. The van der Waals surface area contributed by atoms with Crippen LogP contribution in [0.2, 0.25) is 0 Å². The topological polar surface area (TPSA) is 61.8 Å². The van der Waals surface area contributed by atoms with Gasteiger partial charge in [0.1, 0.15) is 0 Å². The van der Waals surface area contributed by atoms with Gasteiger partial charge >= 0.3 is 5.97 Å². The number of ketones is 1. The summed E-state index contributed by atoms with van der Waals surface area (Å²) in [5.41, 5.74) is 3.39. The molecule has 0 bridgehead atoms. The highest BCUT2D eigenvalue weighted by Crippen LogP contribution is 2.46. The van der Waals surface area contributed by atoms with E-state index in [4.69, 9.17) is 14.2 Å². The van der Waals surface area contributed by atoms with Gasteiger partial charge in [-0.15, -0.1) is 0 Å². The monoisotopic (exact) mass is 408 g/mol. The van der Waals surface area contributed by atoms with Gasteiger partial charge < -0.3 is 14.2 Å². The van der Waals surface area contributed by atoms with Crippen LogP contribution in [0.5, 0.6) is 17.2 Å². The first-order valence-corrected chi connectivity index (χ1v) is 10.7. The molecule has 5 heteroatoms. The average Bonchev–Trinajstić information content (AvgIpc) is 3.42. The van der Waals surface area contributed by atoms with Crippen LogP contribution in [0.1, 0.15) is 60.9 Å². The van der Waals surface area contributed by atoms with Gasteiger partial charge in [-0.25, -0.2) is 0 Å². The molecule has 1 saturated carbocycles. The largest absolute Gasteiger partial charge is 0.493 e. The molecule has 0 aliphatic heterocycles. The molecule has 1 fully saturated rings. The molecule has 0 unspecified atom stereocenters. The average molecular weight is 408 g/mol. The van der Waals surface area contributed by atoms with E-state index >= 15 is 0 Å². The van der Waals surface area contributed by atoms with E-state index in [0.717, 1.165) is 28.7 Å². The molecule has 0 radical (unpaired) electrons. The molecule has 2 aromatic rings. The summed E-state index contributed by atoms with van der Waals surface area (Å²) in [5, 5.41) is 0. The lowest BCUT2D eigenvalue weighted by Gasteiger charge is -2.18. The molecule has 0 atom stereocenters. The highest BCUT2D eigenvalue weighted by molar-refractivity contribution is 6.03. The lowest BCUT2D eigenvalue weighted by atomic mass is 9.95. The number of methoxy groups -OCH3 is 2. The first-order valence-electron chi connectivity index (χ1n) is 10.7. The van der Waals surface area contributed by atoms with Gasteiger partial charge in [-0.05, 0) is 42.0 Å². The lowest BCUT2D eigenvalue weighted by molar-refractivity contribution is -0.134. The van der Waals surface area contributed by atoms with E-state index in [0.29, 0.717) is 42.4 Å². The van der Waals surface area contributed by atoms with Gasteiger partial charge in [-0.3, -0.25) is 9.59 Å². The summed E-state index contributed by atoms with van der Waals surface area (Å²) in [6.45, 7) is 0. The standard InChI is InChI=1S/C25H28O5/c1-28-22-14-12-20(17-8-5-9-19-18(17)11-13-21(19)26)24(25(22)29-2)30-23(27)15-10-16-6-3-4-7-16/h5,8-9,12,14,16H,3-4,6-7,10-11,13,15H2,1-2H3. The maximum Gasteiger partial charge on any atom is 0.311 e. The fraction of sp³-hybridized carbons (Fsp3) is 0.440. The van der Waals surface area contributed by atoms with Crippen molar-refractivity contribution in [3.63, 3.8) is 0 Å². The van der Waals surface area contributed by atoms with Crippen LogP contribution >= 0.6 is 0 Å². The van der Waals surface area contributed by atoms with Gasteiger partial charge in [0, 0.05) is 24.0 Å². The minimum absolute atomic E-state index is 0.155. The van der Waals surface area contributed by atoms with Crippen LogP contribution in [0.25, 0.3) is 11.1 Å². The Bertz CT molecular complexity index is 956. The Kier molecular flexibility index (Phi) is 6.07. The molecule has 4 rings (SSSR count). The van der Waals surface area contributed by atoms with Crippen LogP contribution < -0.4 is 14.2 Å².